The molecule has 2 aromatic carbocycles. The first-order valence-corrected chi connectivity index (χ1v) is 9.53. The van der Waals surface area contributed by atoms with Crippen LogP contribution in [0.5, 0.6) is 17.2 Å². The van der Waals surface area contributed by atoms with E-state index in [1.54, 1.807) is 21.3 Å². The van der Waals surface area contributed by atoms with Crippen molar-refractivity contribution in [2.75, 3.05) is 52.4 Å². The molecule has 28 heavy (non-hydrogen) atoms. The molecule has 0 aromatic heterocycles. The maximum atomic E-state index is 12.6. The highest BCUT2D eigenvalue weighted by atomic mass is 16.5. The van der Waals surface area contributed by atoms with Gasteiger partial charge in [0.1, 0.15) is 5.75 Å². The van der Waals surface area contributed by atoms with Crippen molar-refractivity contribution in [1.82, 2.24) is 4.90 Å². The van der Waals surface area contributed by atoms with Gasteiger partial charge in [-0.25, -0.2) is 0 Å². The maximum Gasteiger partial charge on any atom is 0.223 e. The molecular formula is C22H28N2O4. The molecule has 1 amide bonds. The van der Waals surface area contributed by atoms with Crippen LogP contribution in [0.15, 0.2) is 42.5 Å². The van der Waals surface area contributed by atoms with E-state index >= 15 is 0 Å². The van der Waals surface area contributed by atoms with Crippen LogP contribution in [0.1, 0.15) is 12.0 Å². The number of piperazine rings is 1. The number of amides is 1. The van der Waals surface area contributed by atoms with E-state index in [1.165, 1.54) is 0 Å². The average molecular weight is 384 g/mol. The summed E-state index contributed by atoms with van der Waals surface area (Å²) in [5.74, 6) is 2.47. The van der Waals surface area contributed by atoms with Gasteiger partial charge >= 0.3 is 0 Å². The number of benzene rings is 2. The van der Waals surface area contributed by atoms with E-state index in [4.69, 9.17) is 14.2 Å². The quantitative estimate of drug-likeness (QED) is 0.735. The molecular weight excluding hydrogens is 356 g/mol. The molecule has 0 aliphatic carbocycles. The van der Waals surface area contributed by atoms with Gasteiger partial charge in [0.05, 0.1) is 21.3 Å². The number of rotatable bonds is 7. The standard InChI is InChI=1S/C22H28N2O4/c1-26-19-7-5-4-6-17(19)8-11-22(25)24-14-12-23(13-15-24)18-9-10-20(27-2)21(16-18)28-3/h4-7,9-10,16H,8,11-15H2,1-3H3. The van der Waals surface area contributed by atoms with E-state index in [0.717, 1.165) is 54.7 Å². The van der Waals surface area contributed by atoms with Gasteiger partial charge in [0.2, 0.25) is 5.91 Å². The second-order valence-corrected chi connectivity index (χ2v) is 6.72. The van der Waals surface area contributed by atoms with E-state index < -0.39 is 0 Å². The lowest BCUT2D eigenvalue weighted by Crippen LogP contribution is -2.48. The van der Waals surface area contributed by atoms with Crippen molar-refractivity contribution in [3.63, 3.8) is 0 Å². The predicted octanol–water partition coefficient (Wildman–Crippen LogP) is 2.99. The van der Waals surface area contributed by atoms with Crippen molar-refractivity contribution in [3.05, 3.63) is 48.0 Å². The third kappa shape index (κ3) is 4.50. The second-order valence-electron chi connectivity index (χ2n) is 6.72. The summed E-state index contributed by atoms with van der Waals surface area (Å²) in [6.45, 7) is 3.05. The largest absolute Gasteiger partial charge is 0.496 e. The van der Waals surface area contributed by atoms with Crippen LogP contribution in [0, 0.1) is 0 Å². The van der Waals surface area contributed by atoms with Crippen molar-refractivity contribution in [2.45, 2.75) is 12.8 Å². The summed E-state index contributed by atoms with van der Waals surface area (Å²) in [7, 11) is 4.93. The Balaban J connectivity index is 1.54. The molecule has 1 saturated heterocycles. The highest BCUT2D eigenvalue weighted by molar-refractivity contribution is 5.77. The molecule has 3 rings (SSSR count). The van der Waals surface area contributed by atoms with Crippen LogP contribution in [0.25, 0.3) is 0 Å². The molecule has 1 aliphatic rings. The summed E-state index contributed by atoms with van der Waals surface area (Å²) < 4.78 is 16.1. The van der Waals surface area contributed by atoms with Crippen molar-refractivity contribution < 1.29 is 19.0 Å². The number of para-hydroxylation sites is 1. The van der Waals surface area contributed by atoms with Crippen LogP contribution in [-0.2, 0) is 11.2 Å². The van der Waals surface area contributed by atoms with E-state index in [0.29, 0.717) is 12.8 Å². The van der Waals surface area contributed by atoms with Crippen molar-refractivity contribution in [1.29, 1.82) is 0 Å². The zero-order chi connectivity index (χ0) is 19.9. The van der Waals surface area contributed by atoms with Crippen LogP contribution < -0.4 is 19.1 Å². The Bertz CT molecular complexity index is 801. The molecule has 1 fully saturated rings. The number of hydrogen-bond donors (Lipinski definition) is 0. The van der Waals surface area contributed by atoms with Gasteiger partial charge in [0.25, 0.3) is 0 Å². The number of carbonyl (C=O) groups is 1. The molecule has 1 heterocycles. The Hall–Kier alpha value is -2.89. The molecule has 0 N–H and O–H groups in total. The monoisotopic (exact) mass is 384 g/mol. The number of hydrogen-bond acceptors (Lipinski definition) is 5. The van der Waals surface area contributed by atoms with Gasteiger partial charge in [-0.05, 0) is 30.2 Å². The van der Waals surface area contributed by atoms with Crippen molar-refractivity contribution >= 4 is 11.6 Å². The van der Waals surface area contributed by atoms with Crippen LogP contribution in [0.4, 0.5) is 5.69 Å². The minimum atomic E-state index is 0.192. The Morgan fingerprint density at radius 3 is 2.21 bits per heavy atom. The second kappa shape index (κ2) is 9.35. The van der Waals surface area contributed by atoms with Crippen molar-refractivity contribution in [2.24, 2.45) is 0 Å². The van der Waals surface area contributed by atoms with Crippen LogP contribution in [0.3, 0.4) is 0 Å². The number of aryl methyl sites for hydroxylation is 1. The van der Waals surface area contributed by atoms with Crippen molar-refractivity contribution in [3.8, 4) is 17.2 Å². The number of methoxy groups -OCH3 is 3. The predicted molar refractivity (Wildman–Crippen MR) is 110 cm³/mol. The zero-order valence-corrected chi connectivity index (χ0v) is 16.8. The molecule has 0 radical (unpaired) electrons. The summed E-state index contributed by atoms with van der Waals surface area (Å²) in [6.07, 6.45) is 1.19. The van der Waals surface area contributed by atoms with E-state index in [-0.39, 0.29) is 5.91 Å². The molecule has 0 spiro atoms. The first-order valence-electron chi connectivity index (χ1n) is 9.53. The van der Waals surface area contributed by atoms with E-state index in [2.05, 4.69) is 4.90 Å². The molecule has 0 unspecified atom stereocenters. The van der Waals surface area contributed by atoms with Gasteiger partial charge in [-0.2, -0.15) is 0 Å². The van der Waals surface area contributed by atoms with Gasteiger partial charge in [-0.1, -0.05) is 18.2 Å². The molecule has 0 atom stereocenters. The van der Waals surface area contributed by atoms with Gasteiger partial charge < -0.3 is 24.0 Å². The fourth-order valence-corrected chi connectivity index (χ4v) is 3.54. The Morgan fingerprint density at radius 1 is 0.857 bits per heavy atom. The summed E-state index contributed by atoms with van der Waals surface area (Å²) in [4.78, 5) is 16.8. The molecule has 0 saturated carbocycles. The lowest BCUT2D eigenvalue weighted by Gasteiger charge is -2.36. The highest BCUT2D eigenvalue weighted by Gasteiger charge is 2.22. The summed E-state index contributed by atoms with van der Waals surface area (Å²) in [5, 5.41) is 0. The number of anilines is 1. The van der Waals surface area contributed by atoms with Crippen LogP contribution in [0.2, 0.25) is 0 Å². The smallest absolute Gasteiger partial charge is 0.223 e. The highest BCUT2D eigenvalue weighted by Crippen LogP contribution is 2.32. The molecule has 0 bridgehead atoms. The fourth-order valence-electron chi connectivity index (χ4n) is 3.54. The van der Waals surface area contributed by atoms with E-state index in [1.807, 2.05) is 47.4 Å². The zero-order valence-electron chi connectivity index (χ0n) is 16.8. The first kappa shape index (κ1) is 19.9. The van der Waals surface area contributed by atoms with Gasteiger partial charge in [-0.15, -0.1) is 0 Å². The number of ether oxygens (including phenoxy) is 3. The third-order valence-corrected chi connectivity index (χ3v) is 5.17. The SMILES string of the molecule is COc1ccccc1CCC(=O)N1CCN(c2ccc(OC)c(OC)c2)CC1. The number of nitrogens with zero attached hydrogens (tertiary/aromatic N) is 2. The average Bonchev–Trinajstić information content (AvgIpc) is 2.77. The topological polar surface area (TPSA) is 51.2 Å². The number of carbonyl (C=O) groups excluding carboxylic acids is 1. The minimum Gasteiger partial charge on any atom is -0.496 e. The van der Waals surface area contributed by atoms with Gasteiger partial charge in [-0.3, -0.25) is 4.79 Å². The lowest BCUT2D eigenvalue weighted by atomic mass is 10.1. The molecule has 2 aromatic rings. The Morgan fingerprint density at radius 2 is 1.54 bits per heavy atom. The lowest BCUT2D eigenvalue weighted by molar-refractivity contribution is -0.131. The van der Waals surface area contributed by atoms with Crippen LogP contribution >= 0.6 is 0 Å². The summed E-state index contributed by atoms with van der Waals surface area (Å²) >= 11 is 0. The molecule has 6 heteroatoms. The van der Waals surface area contributed by atoms with Crippen LogP contribution in [-0.4, -0.2) is 58.3 Å². The third-order valence-electron chi connectivity index (χ3n) is 5.17. The molecule has 150 valence electrons. The first-order chi connectivity index (χ1) is 13.7. The van der Waals surface area contributed by atoms with Gasteiger partial charge in [0.15, 0.2) is 11.5 Å². The van der Waals surface area contributed by atoms with E-state index in [9.17, 15) is 4.79 Å². The molecule has 6 nitrogen and oxygen atoms in total. The normalized spacial score (nSPS) is 14.0. The summed E-state index contributed by atoms with van der Waals surface area (Å²) in [6, 6.07) is 13.8. The fraction of sp³-hybridized carbons (Fsp3) is 0.409. The maximum absolute atomic E-state index is 12.6. The Labute approximate surface area is 166 Å². The summed E-state index contributed by atoms with van der Waals surface area (Å²) in [5.41, 5.74) is 2.15. The van der Waals surface area contributed by atoms with Gasteiger partial charge in [0, 0.05) is 44.4 Å². The minimum absolute atomic E-state index is 0.192. The Kier molecular flexibility index (Phi) is 6.63. The molecule has 1 aliphatic heterocycles.